The summed E-state index contributed by atoms with van der Waals surface area (Å²) in [5.41, 5.74) is 2.14. The Hall–Kier alpha value is -2.96. The van der Waals surface area contributed by atoms with E-state index >= 15 is 0 Å². The first-order valence-electron chi connectivity index (χ1n) is 11.9. The Labute approximate surface area is 189 Å². The molecule has 0 spiro atoms. The molecule has 1 aromatic carbocycles. The van der Waals surface area contributed by atoms with E-state index in [9.17, 15) is 9.59 Å². The van der Waals surface area contributed by atoms with Gasteiger partial charge in [-0.05, 0) is 61.4 Å². The smallest absolute Gasteiger partial charge is 0.231 e. The van der Waals surface area contributed by atoms with Gasteiger partial charge in [0.2, 0.25) is 11.8 Å². The standard InChI is InChI=1S/C25H31N5O2/c31-24(21-16-30(17-21)23-6-3-13-26-28-23)27-22-9-7-18(8-10-22)19-11-14-29(15-12-19)25(32)20-4-1-2-5-20/h3,6-10,13,19-21H,1-2,4-5,11-12,14-17H2,(H,27,31). The molecule has 2 saturated heterocycles. The summed E-state index contributed by atoms with van der Waals surface area (Å²) in [6.45, 7) is 3.06. The summed E-state index contributed by atoms with van der Waals surface area (Å²) in [5, 5.41) is 11.0. The minimum Gasteiger partial charge on any atom is -0.353 e. The molecule has 2 amide bonds. The highest BCUT2D eigenvalue weighted by atomic mass is 16.2. The van der Waals surface area contributed by atoms with Crippen LogP contribution in [-0.2, 0) is 9.59 Å². The second-order valence-electron chi connectivity index (χ2n) is 9.38. The number of carbonyl (C=O) groups is 2. The van der Waals surface area contributed by atoms with Crippen LogP contribution in [-0.4, -0.2) is 53.1 Å². The highest BCUT2D eigenvalue weighted by Crippen LogP contribution is 2.32. The van der Waals surface area contributed by atoms with E-state index < -0.39 is 0 Å². The minimum absolute atomic E-state index is 0.0292. The molecule has 3 aliphatic rings. The van der Waals surface area contributed by atoms with Crippen molar-refractivity contribution >= 4 is 23.3 Å². The lowest BCUT2D eigenvalue weighted by molar-refractivity contribution is -0.136. The van der Waals surface area contributed by atoms with E-state index in [0.717, 1.165) is 50.3 Å². The maximum absolute atomic E-state index is 12.7. The fraction of sp³-hybridized carbons (Fsp3) is 0.520. The number of rotatable bonds is 5. The largest absolute Gasteiger partial charge is 0.353 e. The number of hydrogen-bond donors (Lipinski definition) is 1. The lowest BCUT2D eigenvalue weighted by Gasteiger charge is -2.38. The van der Waals surface area contributed by atoms with Gasteiger partial charge in [0.15, 0.2) is 5.82 Å². The second kappa shape index (κ2) is 9.27. The van der Waals surface area contributed by atoms with Crippen LogP contribution < -0.4 is 10.2 Å². The molecule has 3 heterocycles. The van der Waals surface area contributed by atoms with Crippen molar-refractivity contribution in [1.29, 1.82) is 0 Å². The van der Waals surface area contributed by atoms with Crippen molar-refractivity contribution in [3.63, 3.8) is 0 Å². The second-order valence-corrected chi connectivity index (χ2v) is 9.38. The van der Waals surface area contributed by atoms with Gasteiger partial charge in [0.05, 0.1) is 5.92 Å². The molecule has 1 saturated carbocycles. The van der Waals surface area contributed by atoms with Crippen LogP contribution in [0.1, 0.15) is 50.0 Å². The molecule has 7 nitrogen and oxygen atoms in total. The van der Waals surface area contributed by atoms with Crippen LogP contribution in [0.15, 0.2) is 42.6 Å². The van der Waals surface area contributed by atoms with Crippen LogP contribution in [0.25, 0.3) is 0 Å². The molecule has 5 rings (SSSR count). The number of nitrogens with zero attached hydrogens (tertiary/aromatic N) is 4. The Morgan fingerprint density at radius 2 is 1.62 bits per heavy atom. The molecule has 2 aromatic rings. The first-order valence-corrected chi connectivity index (χ1v) is 11.9. The molecule has 7 heteroatoms. The van der Waals surface area contributed by atoms with Crippen molar-refractivity contribution in [3.8, 4) is 0 Å². The van der Waals surface area contributed by atoms with E-state index in [0.29, 0.717) is 24.9 Å². The third-order valence-corrected chi connectivity index (χ3v) is 7.30. The number of carbonyl (C=O) groups excluding carboxylic acids is 2. The Morgan fingerprint density at radius 3 is 2.28 bits per heavy atom. The molecule has 1 aliphatic carbocycles. The lowest BCUT2D eigenvalue weighted by atomic mass is 9.88. The zero-order chi connectivity index (χ0) is 21.9. The molecule has 2 aliphatic heterocycles. The molecule has 0 atom stereocenters. The molecule has 0 bridgehead atoms. The molecular formula is C25H31N5O2. The van der Waals surface area contributed by atoms with Crippen LogP contribution >= 0.6 is 0 Å². The molecule has 32 heavy (non-hydrogen) atoms. The number of nitrogens with one attached hydrogen (secondary N) is 1. The quantitative estimate of drug-likeness (QED) is 0.781. The summed E-state index contributed by atoms with van der Waals surface area (Å²) in [6.07, 6.45) is 8.24. The van der Waals surface area contributed by atoms with Gasteiger partial charge in [-0.25, -0.2) is 0 Å². The van der Waals surface area contributed by atoms with Crippen molar-refractivity contribution in [2.45, 2.75) is 44.4 Å². The third kappa shape index (κ3) is 4.47. The topological polar surface area (TPSA) is 78.4 Å². The Balaban J connectivity index is 1.09. The highest BCUT2D eigenvalue weighted by molar-refractivity contribution is 5.94. The van der Waals surface area contributed by atoms with Crippen molar-refractivity contribution in [1.82, 2.24) is 15.1 Å². The van der Waals surface area contributed by atoms with Crippen LogP contribution in [0, 0.1) is 11.8 Å². The first kappa shape index (κ1) is 20.9. The van der Waals surface area contributed by atoms with E-state index in [2.05, 4.69) is 37.4 Å². The molecule has 3 fully saturated rings. The summed E-state index contributed by atoms with van der Waals surface area (Å²) in [5.74, 6) is 1.98. The normalized spacial score (nSPS) is 20.2. The molecule has 168 valence electrons. The van der Waals surface area contributed by atoms with Crippen molar-refractivity contribution in [2.75, 3.05) is 36.4 Å². The Bertz CT molecular complexity index is 929. The molecule has 1 N–H and O–H groups in total. The summed E-state index contributed by atoms with van der Waals surface area (Å²) < 4.78 is 0. The molecule has 1 aromatic heterocycles. The lowest BCUT2D eigenvalue weighted by Crippen LogP contribution is -2.52. The average Bonchev–Trinajstić information content (AvgIpc) is 3.34. The number of hydrogen-bond acceptors (Lipinski definition) is 5. The summed E-state index contributed by atoms with van der Waals surface area (Å²) in [4.78, 5) is 29.4. The monoisotopic (exact) mass is 433 g/mol. The minimum atomic E-state index is -0.0292. The van der Waals surface area contributed by atoms with Crippen LogP contribution in [0.3, 0.4) is 0 Å². The van der Waals surface area contributed by atoms with Crippen LogP contribution in [0.4, 0.5) is 11.5 Å². The third-order valence-electron chi connectivity index (χ3n) is 7.30. The summed E-state index contributed by atoms with van der Waals surface area (Å²) in [7, 11) is 0. The van der Waals surface area contributed by atoms with E-state index in [-0.39, 0.29) is 17.7 Å². The van der Waals surface area contributed by atoms with Gasteiger partial charge >= 0.3 is 0 Å². The molecular weight excluding hydrogens is 402 g/mol. The van der Waals surface area contributed by atoms with Gasteiger partial charge in [-0.1, -0.05) is 25.0 Å². The molecule has 0 radical (unpaired) electrons. The van der Waals surface area contributed by atoms with Gasteiger partial charge in [0.1, 0.15) is 0 Å². The van der Waals surface area contributed by atoms with E-state index in [1.54, 1.807) is 6.20 Å². The number of aromatic nitrogens is 2. The SMILES string of the molecule is O=C(Nc1ccc(C2CCN(C(=O)C3CCCC3)CC2)cc1)C1CN(c2cccnn2)C1. The van der Waals surface area contributed by atoms with Gasteiger partial charge in [-0.3, -0.25) is 9.59 Å². The molecule has 0 unspecified atom stereocenters. The first-order chi connectivity index (χ1) is 15.7. The van der Waals surface area contributed by atoms with Crippen molar-refractivity contribution < 1.29 is 9.59 Å². The van der Waals surface area contributed by atoms with E-state index in [1.165, 1.54) is 18.4 Å². The number of benzene rings is 1. The number of amides is 2. The van der Waals surface area contributed by atoms with Crippen LogP contribution in [0.5, 0.6) is 0 Å². The number of anilines is 2. The Kier molecular flexibility index (Phi) is 6.06. The number of piperidine rings is 1. The van der Waals surface area contributed by atoms with Crippen molar-refractivity contribution in [3.05, 3.63) is 48.2 Å². The maximum atomic E-state index is 12.7. The average molecular weight is 434 g/mol. The van der Waals surface area contributed by atoms with E-state index in [1.807, 2.05) is 24.3 Å². The summed E-state index contributed by atoms with van der Waals surface area (Å²) >= 11 is 0. The van der Waals surface area contributed by atoms with E-state index in [4.69, 9.17) is 0 Å². The van der Waals surface area contributed by atoms with Gasteiger partial charge in [0, 0.05) is 44.0 Å². The zero-order valence-corrected chi connectivity index (χ0v) is 18.4. The zero-order valence-electron chi connectivity index (χ0n) is 18.4. The predicted octanol–water partition coefficient (Wildman–Crippen LogP) is 3.45. The number of likely N-dealkylation sites (tertiary alicyclic amines) is 1. The van der Waals surface area contributed by atoms with Gasteiger partial charge in [-0.2, -0.15) is 5.10 Å². The Morgan fingerprint density at radius 1 is 0.906 bits per heavy atom. The van der Waals surface area contributed by atoms with Gasteiger partial charge < -0.3 is 15.1 Å². The van der Waals surface area contributed by atoms with Gasteiger partial charge in [-0.15, -0.1) is 5.10 Å². The van der Waals surface area contributed by atoms with Gasteiger partial charge in [0.25, 0.3) is 0 Å². The van der Waals surface area contributed by atoms with Crippen LogP contribution in [0.2, 0.25) is 0 Å². The highest BCUT2D eigenvalue weighted by Gasteiger charge is 2.34. The fourth-order valence-electron chi connectivity index (χ4n) is 5.24. The predicted molar refractivity (Wildman–Crippen MR) is 123 cm³/mol. The summed E-state index contributed by atoms with van der Waals surface area (Å²) in [6, 6.07) is 12.0. The van der Waals surface area contributed by atoms with Crippen molar-refractivity contribution in [2.24, 2.45) is 11.8 Å². The fourth-order valence-corrected chi connectivity index (χ4v) is 5.24. The maximum Gasteiger partial charge on any atom is 0.231 e.